The van der Waals surface area contributed by atoms with Gasteiger partial charge in [0.2, 0.25) is 16.9 Å². The molecule has 0 radical (unpaired) electrons. The first-order valence-corrected chi connectivity index (χ1v) is 9.41. The molecule has 3 atom stereocenters. The second kappa shape index (κ2) is 8.42. The van der Waals surface area contributed by atoms with Gasteiger partial charge in [-0.05, 0) is 44.1 Å². The fourth-order valence-electron chi connectivity index (χ4n) is 3.01. The zero-order valence-corrected chi connectivity index (χ0v) is 15.2. The van der Waals surface area contributed by atoms with Gasteiger partial charge in [-0.2, -0.15) is 0 Å². The number of allylic oxidation sites excluding steroid dienone is 1. The summed E-state index contributed by atoms with van der Waals surface area (Å²) in [5.41, 5.74) is 0. The number of aliphatic hydroxyl groups excluding tert-OH is 2. The van der Waals surface area contributed by atoms with Gasteiger partial charge >= 0.3 is 0 Å². The third kappa shape index (κ3) is 4.56. The highest BCUT2D eigenvalue weighted by atomic mass is 32.2. The molecule has 3 N–H and O–H groups in total. The zero-order valence-electron chi connectivity index (χ0n) is 14.4. The maximum Gasteiger partial charge on any atom is 0.245 e. The number of nitrogens with zero attached hydrogens (tertiary/aromatic N) is 1. The van der Waals surface area contributed by atoms with Crippen LogP contribution in [0.3, 0.4) is 0 Å². The molecule has 0 aromatic carbocycles. The van der Waals surface area contributed by atoms with E-state index < -0.39 is 23.9 Å². The zero-order chi connectivity index (χ0) is 18.6. The summed E-state index contributed by atoms with van der Waals surface area (Å²) in [5.74, 6) is -1.24. The van der Waals surface area contributed by atoms with Crippen LogP contribution in [0.15, 0.2) is 23.7 Å². The van der Waals surface area contributed by atoms with Crippen molar-refractivity contribution in [1.82, 2.24) is 10.2 Å². The summed E-state index contributed by atoms with van der Waals surface area (Å²) in [7, 11) is 0. The highest BCUT2D eigenvalue weighted by molar-refractivity contribution is 8.13. The summed E-state index contributed by atoms with van der Waals surface area (Å²) in [6, 6.07) is -1.18. The van der Waals surface area contributed by atoms with E-state index in [1.807, 2.05) is 6.92 Å². The molecule has 0 aromatic rings. The molecule has 0 saturated carbocycles. The third-order valence-corrected chi connectivity index (χ3v) is 5.19. The van der Waals surface area contributed by atoms with Crippen LogP contribution in [0.5, 0.6) is 0 Å². The maximum absolute atomic E-state index is 12.6. The Morgan fingerprint density at radius 1 is 1.36 bits per heavy atom. The van der Waals surface area contributed by atoms with Gasteiger partial charge in [0.1, 0.15) is 12.1 Å². The van der Waals surface area contributed by atoms with E-state index in [2.05, 4.69) is 5.32 Å². The average Bonchev–Trinajstić information content (AvgIpc) is 3.06. The molecule has 2 rings (SSSR count). The lowest BCUT2D eigenvalue weighted by Crippen LogP contribution is -2.51. The highest BCUT2D eigenvalue weighted by Crippen LogP contribution is 2.24. The Labute approximate surface area is 151 Å². The number of hydrogen-bond acceptors (Lipinski definition) is 6. The van der Waals surface area contributed by atoms with E-state index in [9.17, 15) is 24.6 Å². The van der Waals surface area contributed by atoms with Gasteiger partial charge in [-0.1, -0.05) is 18.7 Å². The molecular weight excluding hydrogens is 344 g/mol. The Hall–Kier alpha value is -1.96. The molecule has 25 heavy (non-hydrogen) atoms. The van der Waals surface area contributed by atoms with E-state index >= 15 is 0 Å². The van der Waals surface area contributed by atoms with Crippen LogP contribution >= 0.6 is 11.8 Å². The number of carbonyl (C=O) groups is 3. The first-order chi connectivity index (χ1) is 11.8. The van der Waals surface area contributed by atoms with Crippen molar-refractivity contribution in [3.8, 4) is 0 Å². The minimum atomic E-state index is -0.762. The molecule has 2 aliphatic rings. The van der Waals surface area contributed by atoms with Crippen LogP contribution in [0.4, 0.5) is 0 Å². The number of amides is 2. The van der Waals surface area contributed by atoms with Crippen molar-refractivity contribution in [2.45, 2.75) is 45.2 Å². The van der Waals surface area contributed by atoms with Gasteiger partial charge in [-0.3, -0.25) is 14.4 Å². The third-order valence-electron chi connectivity index (χ3n) is 4.35. The maximum atomic E-state index is 12.6. The fourth-order valence-corrected chi connectivity index (χ4v) is 3.74. The number of carbonyl (C=O) groups excluding carboxylic acids is 3. The predicted molar refractivity (Wildman–Crippen MR) is 95.0 cm³/mol. The van der Waals surface area contributed by atoms with Crippen molar-refractivity contribution in [2.75, 3.05) is 12.3 Å². The summed E-state index contributed by atoms with van der Waals surface area (Å²) in [5, 5.41) is 21.5. The van der Waals surface area contributed by atoms with E-state index in [-0.39, 0.29) is 29.0 Å². The van der Waals surface area contributed by atoms with Crippen molar-refractivity contribution >= 4 is 28.7 Å². The lowest BCUT2D eigenvalue weighted by molar-refractivity contribution is -0.139. The SMILES string of the molecule is CCSC(=O)C1CCCN1C(=O)C(C)NC(=O)C1C=C(O)C(O)=CC1. The number of nitrogens with one attached hydrogen (secondary N) is 1. The van der Waals surface area contributed by atoms with Crippen LogP contribution in [0.25, 0.3) is 0 Å². The molecule has 1 aliphatic heterocycles. The van der Waals surface area contributed by atoms with Crippen molar-refractivity contribution in [3.63, 3.8) is 0 Å². The molecule has 1 saturated heterocycles. The summed E-state index contributed by atoms with van der Waals surface area (Å²) in [6.07, 6.45) is 4.31. The second-order valence-corrected chi connectivity index (χ2v) is 7.42. The van der Waals surface area contributed by atoms with Crippen molar-refractivity contribution < 1.29 is 24.6 Å². The minimum absolute atomic E-state index is 0.00683. The second-order valence-electron chi connectivity index (χ2n) is 6.16. The van der Waals surface area contributed by atoms with Crippen molar-refractivity contribution in [2.24, 2.45) is 5.92 Å². The Morgan fingerprint density at radius 3 is 2.72 bits per heavy atom. The van der Waals surface area contributed by atoms with Crippen molar-refractivity contribution in [3.05, 3.63) is 23.7 Å². The lowest BCUT2D eigenvalue weighted by atomic mass is 9.97. The molecule has 1 aliphatic carbocycles. The van der Waals surface area contributed by atoms with Gasteiger partial charge in [0, 0.05) is 6.54 Å². The van der Waals surface area contributed by atoms with Gasteiger partial charge in [0.05, 0.1) is 5.92 Å². The Kier molecular flexibility index (Phi) is 6.52. The predicted octanol–water partition coefficient (Wildman–Crippen LogP) is 1.67. The number of aliphatic hydroxyl groups is 2. The van der Waals surface area contributed by atoms with E-state index in [1.54, 1.807) is 11.8 Å². The summed E-state index contributed by atoms with van der Waals surface area (Å²) in [4.78, 5) is 38.6. The van der Waals surface area contributed by atoms with Crippen LogP contribution < -0.4 is 5.32 Å². The van der Waals surface area contributed by atoms with Gasteiger partial charge in [0.25, 0.3) is 0 Å². The topological polar surface area (TPSA) is 107 Å². The van der Waals surface area contributed by atoms with E-state index in [0.29, 0.717) is 18.7 Å². The van der Waals surface area contributed by atoms with Crippen LogP contribution in [-0.4, -0.2) is 56.4 Å². The van der Waals surface area contributed by atoms with Crippen LogP contribution in [0, 0.1) is 5.92 Å². The van der Waals surface area contributed by atoms with Gasteiger partial charge < -0.3 is 20.4 Å². The number of thioether (sulfide) groups is 1. The smallest absolute Gasteiger partial charge is 0.245 e. The fraction of sp³-hybridized carbons (Fsp3) is 0.588. The molecule has 1 heterocycles. The molecular formula is C17H24N2O5S. The molecule has 7 nitrogen and oxygen atoms in total. The molecule has 0 spiro atoms. The van der Waals surface area contributed by atoms with Gasteiger partial charge in [-0.25, -0.2) is 0 Å². The standard InChI is InChI=1S/C17H24N2O5S/c1-3-25-17(24)12-5-4-8-19(12)16(23)10(2)18-15(22)11-6-7-13(20)14(21)9-11/h7,9-12,20-21H,3-6,8H2,1-2H3,(H,18,22). The quantitative estimate of drug-likeness (QED) is 0.681. The van der Waals surface area contributed by atoms with Crippen LogP contribution in [-0.2, 0) is 14.4 Å². The molecule has 2 amide bonds. The Bertz CT molecular complexity index is 616. The lowest BCUT2D eigenvalue weighted by Gasteiger charge is -2.27. The van der Waals surface area contributed by atoms with Gasteiger partial charge in [-0.15, -0.1) is 0 Å². The summed E-state index contributed by atoms with van der Waals surface area (Å²) < 4.78 is 0. The molecule has 0 bridgehead atoms. The van der Waals surface area contributed by atoms with E-state index in [1.165, 1.54) is 23.9 Å². The molecule has 1 fully saturated rings. The first kappa shape index (κ1) is 19.4. The molecule has 138 valence electrons. The monoisotopic (exact) mass is 368 g/mol. The van der Waals surface area contributed by atoms with E-state index in [0.717, 1.165) is 6.42 Å². The van der Waals surface area contributed by atoms with Gasteiger partial charge in [0.15, 0.2) is 11.5 Å². The highest BCUT2D eigenvalue weighted by Gasteiger charge is 2.36. The minimum Gasteiger partial charge on any atom is -0.504 e. The summed E-state index contributed by atoms with van der Waals surface area (Å²) >= 11 is 1.21. The Balaban J connectivity index is 1.96. The largest absolute Gasteiger partial charge is 0.504 e. The van der Waals surface area contributed by atoms with Crippen LogP contribution in [0.2, 0.25) is 0 Å². The molecule has 8 heteroatoms. The number of hydrogen-bond donors (Lipinski definition) is 3. The van der Waals surface area contributed by atoms with Crippen LogP contribution in [0.1, 0.15) is 33.1 Å². The molecule has 3 unspecified atom stereocenters. The van der Waals surface area contributed by atoms with E-state index in [4.69, 9.17) is 0 Å². The number of rotatable bonds is 5. The molecule has 0 aromatic heterocycles. The van der Waals surface area contributed by atoms with Crippen molar-refractivity contribution in [1.29, 1.82) is 0 Å². The average molecular weight is 368 g/mol. The normalized spacial score (nSPS) is 24.3. The number of likely N-dealkylation sites (tertiary alicyclic amines) is 1. The first-order valence-electron chi connectivity index (χ1n) is 8.43. The summed E-state index contributed by atoms with van der Waals surface area (Å²) in [6.45, 7) is 4.00. The Morgan fingerprint density at radius 2 is 2.08 bits per heavy atom.